The Balaban J connectivity index is 2.84. The molecule has 1 amide bonds. The monoisotopic (exact) mass is 313 g/mol. The molecule has 21 heavy (non-hydrogen) atoms. The third-order valence-electron chi connectivity index (χ3n) is 3.22. The van der Waals surface area contributed by atoms with Crippen molar-refractivity contribution in [3.63, 3.8) is 0 Å². The van der Waals surface area contributed by atoms with Gasteiger partial charge >= 0.3 is 0 Å². The molecule has 4 nitrogen and oxygen atoms in total. The van der Waals surface area contributed by atoms with E-state index in [1.807, 2.05) is 6.92 Å². The fourth-order valence-electron chi connectivity index (χ4n) is 2.16. The zero-order chi connectivity index (χ0) is 16.0. The maximum Gasteiger partial charge on any atom is 0.256 e. The van der Waals surface area contributed by atoms with Gasteiger partial charge in [-0.3, -0.25) is 4.79 Å². The van der Waals surface area contributed by atoms with Crippen molar-refractivity contribution in [2.45, 2.75) is 39.7 Å². The average molecular weight is 314 g/mol. The third kappa shape index (κ3) is 4.90. The van der Waals surface area contributed by atoms with Crippen molar-refractivity contribution in [1.82, 2.24) is 0 Å². The van der Waals surface area contributed by atoms with Crippen molar-refractivity contribution in [1.29, 1.82) is 0 Å². The van der Waals surface area contributed by atoms with Crippen LogP contribution in [-0.4, -0.2) is 25.2 Å². The van der Waals surface area contributed by atoms with E-state index in [1.54, 1.807) is 32.2 Å². The Hall–Kier alpha value is -1.26. The lowest BCUT2D eigenvalue weighted by atomic mass is 9.93. The van der Waals surface area contributed by atoms with Gasteiger partial charge in [0.2, 0.25) is 0 Å². The van der Waals surface area contributed by atoms with Crippen LogP contribution < -0.4 is 10.1 Å². The molecule has 0 aromatic heterocycles. The van der Waals surface area contributed by atoms with Gasteiger partial charge in [-0.15, -0.1) is 0 Å². The van der Waals surface area contributed by atoms with Gasteiger partial charge in [-0.05, 0) is 44.4 Å². The molecule has 0 bridgehead atoms. The molecule has 0 saturated heterocycles. The largest absolute Gasteiger partial charge is 0.492 e. The Morgan fingerprint density at radius 2 is 2.10 bits per heavy atom. The number of halogens is 1. The molecule has 0 radical (unpaired) electrons. The summed E-state index contributed by atoms with van der Waals surface area (Å²) >= 11 is 6.12. The van der Waals surface area contributed by atoms with E-state index in [9.17, 15) is 4.79 Å². The quantitative estimate of drug-likeness (QED) is 0.823. The molecular formula is C16H24ClNO3. The number of nitrogens with one attached hydrogen (secondary N) is 1. The van der Waals surface area contributed by atoms with Gasteiger partial charge in [-0.25, -0.2) is 0 Å². The number of hydrogen-bond acceptors (Lipinski definition) is 3. The average Bonchev–Trinajstić information content (AvgIpc) is 2.41. The lowest BCUT2D eigenvalue weighted by Gasteiger charge is -2.28. The molecule has 1 rings (SSSR count). The Bertz CT molecular complexity index is 490. The summed E-state index contributed by atoms with van der Waals surface area (Å²) in [7, 11) is 1.55. The van der Waals surface area contributed by atoms with Gasteiger partial charge < -0.3 is 14.8 Å². The molecular weight excluding hydrogens is 290 g/mol. The smallest absolute Gasteiger partial charge is 0.256 e. The molecule has 0 spiro atoms. The molecule has 0 aliphatic carbocycles. The Labute approximate surface area is 131 Å². The topological polar surface area (TPSA) is 47.6 Å². The Morgan fingerprint density at radius 1 is 1.43 bits per heavy atom. The number of carbonyl (C=O) groups excluding carboxylic acids is 1. The summed E-state index contributed by atoms with van der Waals surface area (Å²) in [5.74, 6) is 0.775. The van der Waals surface area contributed by atoms with Crippen LogP contribution in [0.4, 0.5) is 5.69 Å². The second-order valence-electron chi connectivity index (χ2n) is 5.57. The maximum atomic E-state index is 12.4. The van der Waals surface area contributed by atoms with E-state index < -0.39 is 5.60 Å². The van der Waals surface area contributed by atoms with Crippen LogP contribution in [0.5, 0.6) is 5.75 Å². The number of ether oxygens (including phenoxy) is 2. The zero-order valence-electron chi connectivity index (χ0n) is 13.3. The molecule has 0 heterocycles. The highest BCUT2D eigenvalue weighted by atomic mass is 35.5. The van der Waals surface area contributed by atoms with E-state index in [1.165, 1.54) is 0 Å². The Kier molecular flexibility index (Phi) is 6.49. The number of benzene rings is 1. The van der Waals surface area contributed by atoms with Crippen molar-refractivity contribution in [3.05, 3.63) is 23.2 Å². The number of amides is 1. The third-order valence-corrected chi connectivity index (χ3v) is 3.51. The molecule has 0 saturated carbocycles. The standard InChI is InChI=1S/C16H24ClNO3/c1-6-21-14-8-7-12(9-13(14)17)18-15(19)16(4,20-5)10-11(2)3/h7-9,11H,6,10H2,1-5H3,(H,18,19)/t16-/m1/s1. The number of anilines is 1. The van der Waals surface area contributed by atoms with Crippen LogP contribution in [0.2, 0.25) is 5.02 Å². The van der Waals surface area contributed by atoms with Crippen LogP contribution in [0, 0.1) is 5.92 Å². The predicted octanol–water partition coefficient (Wildman–Crippen LogP) is 4.13. The lowest BCUT2D eigenvalue weighted by Crippen LogP contribution is -2.43. The molecule has 5 heteroatoms. The van der Waals surface area contributed by atoms with Crippen molar-refractivity contribution in [2.24, 2.45) is 5.92 Å². The summed E-state index contributed by atoms with van der Waals surface area (Å²) in [6, 6.07) is 5.18. The van der Waals surface area contributed by atoms with Crippen LogP contribution in [0.15, 0.2) is 18.2 Å². The number of hydrogen-bond donors (Lipinski definition) is 1. The normalized spacial score (nSPS) is 13.9. The van der Waals surface area contributed by atoms with Gasteiger partial charge in [-0.1, -0.05) is 25.4 Å². The minimum Gasteiger partial charge on any atom is -0.492 e. The van der Waals surface area contributed by atoms with Crippen molar-refractivity contribution >= 4 is 23.2 Å². The van der Waals surface area contributed by atoms with Gasteiger partial charge in [0.25, 0.3) is 5.91 Å². The summed E-state index contributed by atoms with van der Waals surface area (Å²) < 4.78 is 10.8. The molecule has 1 aromatic rings. The van der Waals surface area contributed by atoms with Crippen molar-refractivity contribution in [2.75, 3.05) is 19.0 Å². The van der Waals surface area contributed by atoms with Gasteiger partial charge in [0.05, 0.1) is 11.6 Å². The molecule has 0 unspecified atom stereocenters. The first-order chi connectivity index (χ1) is 9.82. The fourth-order valence-corrected chi connectivity index (χ4v) is 2.40. The minimum absolute atomic E-state index is 0.182. The summed E-state index contributed by atoms with van der Waals surface area (Å²) in [5.41, 5.74) is -0.236. The molecule has 0 aliphatic heterocycles. The van der Waals surface area contributed by atoms with E-state index in [0.29, 0.717) is 35.4 Å². The van der Waals surface area contributed by atoms with E-state index >= 15 is 0 Å². The SMILES string of the molecule is CCOc1ccc(NC(=O)[C@@](C)(CC(C)C)OC)cc1Cl. The molecule has 0 fully saturated rings. The predicted molar refractivity (Wildman–Crippen MR) is 86.1 cm³/mol. The highest BCUT2D eigenvalue weighted by molar-refractivity contribution is 6.32. The fraction of sp³-hybridized carbons (Fsp3) is 0.562. The number of carbonyl (C=O) groups is 1. The highest BCUT2D eigenvalue weighted by Gasteiger charge is 2.33. The van der Waals surface area contributed by atoms with Crippen molar-refractivity contribution in [3.8, 4) is 5.75 Å². The zero-order valence-corrected chi connectivity index (χ0v) is 14.1. The van der Waals surface area contributed by atoms with Crippen LogP contribution in [0.1, 0.15) is 34.1 Å². The van der Waals surface area contributed by atoms with Crippen LogP contribution >= 0.6 is 11.6 Å². The lowest BCUT2D eigenvalue weighted by molar-refractivity contribution is -0.137. The van der Waals surface area contributed by atoms with E-state index in [4.69, 9.17) is 21.1 Å². The highest BCUT2D eigenvalue weighted by Crippen LogP contribution is 2.29. The van der Waals surface area contributed by atoms with E-state index in [0.717, 1.165) is 0 Å². The molecule has 1 N–H and O–H groups in total. The first kappa shape index (κ1) is 17.8. The molecule has 0 aliphatic rings. The van der Waals surface area contributed by atoms with E-state index in [2.05, 4.69) is 19.2 Å². The number of methoxy groups -OCH3 is 1. The minimum atomic E-state index is -0.862. The van der Waals surface area contributed by atoms with E-state index in [-0.39, 0.29) is 5.91 Å². The van der Waals surface area contributed by atoms with Crippen molar-refractivity contribution < 1.29 is 14.3 Å². The van der Waals surface area contributed by atoms with Crippen LogP contribution in [0.25, 0.3) is 0 Å². The molecule has 1 aromatic carbocycles. The summed E-state index contributed by atoms with van der Waals surface area (Å²) in [6.45, 7) is 8.33. The molecule has 118 valence electrons. The second kappa shape index (κ2) is 7.66. The summed E-state index contributed by atoms with van der Waals surface area (Å²) in [4.78, 5) is 12.4. The van der Waals surface area contributed by atoms with Gasteiger partial charge in [0.1, 0.15) is 11.4 Å². The van der Waals surface area contributed by atoms with Gasteiger partial charge in [0, 0.05) is 12.8 Å². The summed E-state index contributed by atoms with van der Waals surface area (Å²) in [6.07, 6.45) is 0.639. The maximum absolute atomic E-state index is 12.4. The van der Waals surface area contributed by atoms with Gasteiger partial charge in [-0.2, -0.15) is 0 Å². The van der Waals surface area contributed by atoms with Crippen LogP contribution in [-0.2, 0) is 9.53 Å². The number of rotatable bonds is 7. The van der Waals surface area contributed by atoms with Crippen LogP contribution in [0.3, 0.4) is 0 Å². The Morgan fingerprint density at radius 3 is 2.57 bits per heavy atom. The molecule has 1 atom stereocenters. The van der Waals surface area contributed by atoms with Gasteiger partial charge in [0.15, 0.2) is 0 Å². The second-order valence-corrected chi connectivity index (χ2v) is 5.97. The first-order valence-electron chi connectivity index (χ1n) is 7.11. The first-order valence-corrected chi connectivity index (χ1v) is 7.49. The summed E-state index contributed by atoms with van der Waals surface area (Å²) in [5, 5.41) is 3.32.